The Bertz CT molecular complexity index is 785. The zero-order valence-corrected chi connectivity index (χ0v) is 14.2. The molecule has 1 heterocycles. The second-order valence-electron chi connectivity index (χ2n) is 5.65. The number of benzene rings is 2. The van der Waals surface area contributed by atoms with Gasteiger partial charge in [0.05, 0.1) is 6.42 Å². The Hall–Kier alpha value is -1.98. The minimum absolute atomic E-state index is 0.273. The summed E-state index contributed by atoms with van der Waals surface area (Å²) in [5.41, 5.74) is 0.708. The second-order valence-corrected chi connectivity index (χ2v) is 6.57. The van der Waals surface area contributed by atoms with Gasteiger partial charge >= 0.3 is 0 Å². The van der Waals surface area contributed by atoms with Gasteiger partial charge in [0.1, 0.15) is 0 Å². The first-order chi connectivity index (χ1) is 10.9. The molecule has 2 aromatic rings. The molecular formula is C18H16BrNO3. The summed E-state index contributed by atoms with van der Waals surface area (Å²) in [7, 11) is 0. The van der Waals surface area contributed by atoms with E-state index in [0.29, 0.717) is 16.8 Å². The molecule has 1 atom stereocenters. The molecule has 23 heavy (non-hydrogen) atoms. The van der Waals surface area contributed by atoms with Crippen LogP contribution in [0.2, 0.25) is 0 Å². The largest absolute Gasteiger partial charge is 0.375 e. The van der Waals surface area contributed by atoms with Gasteiger partial charge < -0.3 is 10.4 Å². The van der Waals surface area contributed by atoms with Gasteiger partial charge in [0.2, 0.25) is 0 Å². The number of nitrogens with one attached hydrogen (secondary N) is 1. The molecule has 0 bridgehead atoms. The minimum Gasteiger partial charge on any atom is -0.375 e. The minimum atomic E-state index is -1.81. The number of Topliss-reactive ketones (excluding diaryl/α,β-unsaturated/α-hetero) is 1. The maximum absolute atomic E-state index is 12.5. The highest BCUT2D eigenvalue weighted by molar-refractivity contribution is 9.10. The molecular weight excluding hydrogens is 358 g/mol. The lowest BCUT2D eigenvalue weighted by Gasteiger charge is -2.20. The van der Waals surface area contributed by atoms with Gasteiger partial charge in [-0.2, -0.15) is 0 Å². The second kappa shape index (κ2) is 5.91. The number of hydrogen-bond acceptors (Lipinski definition) is 3. The lowest BCUT2D eigenvalue weighted by atomic mass is 9.87. The van der Waals surface area contributed by atoms with Crippen molar-refractivity contribution in [1.29, 1.82) is 0 Å². The summed E-state index contributed by atoms with van der Waals surface area (Å²) in [6.45, 7) is 2.00. The molecule has 1 unspecified atom stereocenters. The van der Waals surface area contributed by atoms with Gasteiger partial charge in [-0.05, 0) is 30.2 Å². The fourth-order valence-corrected chi connectivity index (χ4v) is 3.02. The molecule has 2 N–H and O–H groups in total. The number of halogens is 1. The molecule has 0 aromatic heterocycles. The van der Waals surface area contributed by atoms with E-state index in [-0.39, 0.29) is 12.2 Å². The monoisotopic (exact) mass is 373 g/mol. The summed E-state index contributed by atoms with van der Waals surface area (Å²) in [5, 5.41) is 13.5. The fraction of sp³-hybridized carbons (Fsp3) is 0.222. The number of ketones is 1. The molecule has 2 aromatic carbocycles. The van der Waals surface area contributed by atoms with Crippen molar-refractivity contribution < 1.29 is 14.7 Å². The topological polar surface area (TPSA) is 66.4 Å². The van der Waals surface area contributed by atoms with E-state index in [1.807, 2.05) is 13.0 Å². The van der Waals surface area contributed by atoms with Crippen LogP contribution in [0.3, 0.4) is 0 Å². The molecule has 0 radical (unpaired) electrons. The summed E-state index contributed by atoms with van der Waals surface area (Å²) >= 11 is 3.32. The smallest absolute Gasteiger partial charge is 0.261 e. The van der Waals surface area contributed by atoms with E-state index in [0.717, 1.165) is 16.5 Å². The van der Waals surface area contributed by atoms with Crippen LogP contribution >= 0.6 is 15.9 Å². The summed E-state index contributed by atoms with van der Waals surface area (Å²) in [5.74, 6) is -0.823. The van der Waals surface area contributed by atoms with Crippen LogP contribution in [0.1, 0.15) is 34.8 Å². The van der Waals surface area contributed by atoms with Gasteiger partial charge in [-0.15, -0.1) is 0 Å². The van der Waals surface area contributed by atoms with Crippen LogP contribution in [0, 0.1) is 0 Å². The van der Waals surface area contributed by atoms with Crippen molar-refractivity contribution in [3.8, 4) is 0 Å². The van der Waals surface area contributed by atoms with Crippen molar-refractivity contribution >= 4 is 33.3 Å². The third-order valence-corrected chi connectivity index (χ3v) is 4.67. The van der Waals surface area contributed by atoms with E-state index in [9.17, 15) is 14.7 Å². The maximum Gasteiger partial charge on any atom is 0.261 e. The summed E-state index contributed by atoms with van der Waals surface area (Å²) in [6.07, 6.45) is 0.513. The Kier molecular flexibility index (Phi) is 4.08. The van der Waals surface area contributed by atoms with E-state index in [4.69, 9.17) is 0 Å². The Labute approximate surface area is 142 Å². The quantitative estimate of drug-likeness (QED) is 0.806. The number of anilines is 1. The molecule has 3 rings (SSSR count). The molecule has 1 amide bonds. The van der Waals surface area contributed by atoms with Crippen LogP contribution < -0.4 is 5.32 Å². The van der Waals surface area contributed by atoms with E-state index in [1.165, 1.54) is 0 Å². The van der Waals surface area contributed by atoms with Gasteiger partial charge in [0.25, 0.3) is 5.91 Å². The Morgan fingerprint density at radius 2 is 1.91 bits per heavy atom. The molecule has 5 heteroatoms. The van der Waals surface area contributed by atoms with Crippen molar-refractivity contribution in [2.24, 2.45) is 0 Å². The van der Waals surface area contributed by atoms with Gasteiger partial charge in [-0.1, -0.05) is 47.1 Å². The van der Waals surface area contributed by atoms with Crippen molar-refractivity contribution in [1.82, 2.24) is 0 Å². The summed E-state index contributed by atoms with van der Waals surface area (Å²) < 4.78 is 0.865. The van der Waals surface area contributed by atoms with Gasteiger partial charge in [-0.3, -0.25) is 9.59 Å². The van der Waals surface area contributed by atoms with Gasteiger partial charge in [-0.25, -0.2) is 0 Å². The lowest BCUT2D eigenvalue weighted by Crippen LogP contribution is -2.36. The van der Waals surface area contributed by atoms with Crippen LogP contribution in [0.25, 0.3) is 0 Å². The van der Waals surface area contributed by atoms with E-state index in [1.54, 1.807) is 36.4 Å². The number of aliphatic hydroxyl groups is 1. The van der Waals surface area contributed by atoms with E-state index in [2.05, 4.69) is 21.2 Å². The highest BCUT2D eigenvalue weighted by Crippen LogP contribution is 2.39. The van der Waals surface area contributed by atoms with Gasteiger partial charge in [0, 0.05) is 21.3 Å². The van der Waals surface area contributed by atoms with Gasteiger partial charge in [0.15, 0.2) is 11.4 Å². The molecule has 0 saturated carbocycles. The molecule has 0 fully saturated rings. The third-order valence-electron chi connectivity index (χ3n) is 4.14. The van der Waals surface area contributed by atoms with Crippen LogP contribution in [0.15, 0.2) is 46.9 Å². The molecule has 0 aliphatic carbocycles. The zero-order chi connectivity index (χ0) is 16.6. The standard InChI is InChI=1S/C18H16BrNO3/c1-2-11-3-8-15-14(9-11)18(23,17(22)20-15)10-16(21)12-4-6-13(19)7-5-12/h3-9,23H,2,10H2,1H3,(H,20,22). The number of hydrogen-bond donors (Lipinski definition) is 2. The highest BCUT2D eigenvalue weighted by Gasteiger charge is 2.46. The Balaban J connectivity index is 1.94. The van der Waals surface area contributed by atoms with Crippen molar-refractivity contribution in [2.75, 3.05) is 5.32 Å². The predicted octanol–water partition coefficient (Wildman–Crippen LogP) is 3.42. The first-order valence-electron chi connectivity index (χ1n) is 7.40. The summed E-state index contributed by atoms with van der Waals surface area (Å²) in [6, 6.07) is 12.3. The molecule has 1 aliphatic rings. The first kappa shape index (κ1) is 15.9. The lowest BCUT2D eigenvalue weighted by molar-refractivity contribution is -0.133. The van der Waals surface area contributed by atoms with Crippen LogP contribution in [0.4, 0.5) is 5.69 Å². The average Bonchev–Trinajstić information content (AvgIpc) is 2.78. The zero-order valence-electron chi connectivity index (χ0n) is 12.6. The number of carbonyl (C=O) groups excluding carboxylic acids is 2. The van der Waals surface area contributed by atoms with Crippen molar-refractivity contribution in [3.63, 3.8) is 0 Å². The van der Waals surface area contributed by atoms with Crippen molar-refractivity contribution in [2.45, 2.75) is 25.4 Å². The molecule has 1 aliphatic heterocycles. The number of fused-ring (bicyclic) bond motifs is 1. The fourth-order valence-electron chi connectivity index (χ4n) is 2.76. The van der Waals surface area contributed by atoms with Crippen LogP contribution in [-0.4, -0.2) is 16.8 Å². The predicted molar refractivity (Wildman–Crippen MR) is 91.4 cm³/mol. The Morgan fingerprint density at radius 1 is 1.22 bits per heavy atom. The number of carbonyl (C=O) groups is 2. The molecule has 118 valence electrons. The average molecular weight is 374 g/mol. The first-order valence-corrected chi connectivity index (χ1v) is 8.19. The number of aryl methyl sites for hydroxylation is 1. The third kappa shape index (κ3) is 2.82. The van der Waals surface area contributed by atoms with Crippen molar-refractivity contribution in [3.05, 3.63) is 63.6 Å². The van der Waals surface area contributed by atoms with E-state index < -0.39 is 11.5 Å². The number of amides is 1. The molecule has 0 saturated heterocycles. The molecule has 4 nitrogen and oxygen atoms in total. The maximum atomic E-state index is 12.5. The van der Waals surface area contributed by atoms with E-state index >= 15 is 0 Å². The van der Waals surface area contributed by atoms with Crippen LogP contribution in [-0.2, 0) is 16.8 Å². The van der Waals surface area contributed by atoms with Crippen LogP contribution in [0.5, 0.6) is 0 Å². The molecule has 0 spiro atoms. The summed E-state index contributed by atoms with van der Waals surface area (Å²) in [4.78, 5) is 24.7. The normalized spacial score (nSPS) is 19.3. The highest BCUT2D eigenvalue weighted by atomic mass is 79.9. The number of rotatable bonds is 4. The Morgan fingerprint density at radius 3 is 2.57 bits per heavy atom. The SMILES string of the molecule is CCc1ccc2c(c1)C(O)(CC(=O)c1ccc(Br)cc1)C(=O)N2.